The van der Waals surface area contributed by atoms with E-state index in [9.17, 15) is 9.59 Å². The summed E-state index contributed by atoms with van der Waals surface area (Å²) in [4.78, 5) is 27.8. The summed E-state index contributed by atoms with van der Waals surface area (Å²) in [5.74, 6) is -0.589. The number of amides is 2. The molecule has 0 fully saturated rings. The number of hydrogen-bond donors (Lipinski definition) is 2. The Bertz CT molecular complexity index is 938. The smallest absolute Gasteiger partial charge is 0.276 e. The van der Waals surface area contributed by atoms with Crippen LogP contribution in [0.5, 0.6) is 5.75 Å². The van der Waals surface area contributed by atoms with Crippen LogP contribution >= 0.6 is 22.9 Å². The summed E-state index contributed by atoms with van der Waals surface area (Å²) in [5.41, 5.74) is 5.41. The van der Waals surface area contributed by atoms with Crippen LogP contribution in [0.3, 0.4) is 0 Å². The standard InChI is InChI=1S/C18H14ClN3O3S/c19-12-5-1-3-7-14(12)25-11-17(24)22-21-16(23)9-10-18-20-13-6-2-4-8-15(13)26-18/h1-10H,11H2,(H,21,23)(H,22,24)/b10-9+. The van der Waals surface area contributed by atoms with Crippen molar-refractivity contribution in [2.45, 2.75) is 0 Å². The lowest BCUT2D eigenvalue weighted by Crippen LogP contribution is -2.43. The molecule has 2 amide bonds. The van der Waals surface area contributed by atoms with Crippen LogP contribution in [0.2, 0.25) is 5.02 Å². The summed E-state index contributed by atoms with van der Waals surface area (Å²) >= 11 is 7.40. The van der Waals surface area contributed by atoms with Gasteiger partial charge in [-0.3, -0.25) is 20.4 Å². The molecular weight excluding hydrogens is 374 g/mol. The predicted molar refractivity (Wildman–Crippen MR) is 102 cm³/mol. The summed E-state index contributed by atoms with van der Waals surface area (Å²) in [6.45, 7) is -0.272. The van der Waals surface area contributed by atoms with Gasteiger partial charge in [0.15, 0.2) is 6.61 Å². The quantitative estimate of drug-likeness (QED) is 0.520. The predicted octanol–water partition coefficient (Wildman–Crippen LogP) is 3.19. The maximum Gasteiger partial charge on any atom is 0.276 e. The van der Waals surface area contributed by atoms with Crippen molar-refractivity contribution in [2.75, 3.05) is 6.61 Å². The molecule has 6 nitrogen and oxygen atoms in total. The summed E-state index contributed by atoms with van der Waals surface area (Å²) < 4.78 is 6.31. The third-order valence-electron chi connectivity index (χ3n) is 3.21. The van der Waals surface area contributed by atoms with Gasteiger partial charge in [0.2, 0.25) is 0 Å². The average Bonchev–Trinajstić information content (AvgIpc) is 3.07. The Morgan fingerprint density at radius 3 is 2.69 bits per heavy atom. The van der Waals surface area contributed by atoms with E-state index in [1.807, 2.05) is 24.3 Å². The molecule has 0 aliphatic carbocycles. The number of hydrogen-bond acceptors (Lipinski definition) is 5. The van der Waals surface area contributed by atoms with Gasteiger partial charge < -0.3 is 4.74 Å². The highest BCUT2D eigenvalue weighted by Crippen LogP contribution is 2.23. The minimum atomic E-state index is -0.508. The van der Waals surface area contributed by atoms with Gasteiger partial charge in [-0.15, -0.1) is 11.3 Å². The molecule has 2 aromatic carbocycles. The van der Waals surface area contributed by atoms with Crippen molar-refractivity contribution >= 4 is 51.0 Å². The second kappa shape index (κ2) is 8.46. The molecule has 1 heterocycles. The Kier molecular flexibility index (Phi) is 5.83. The van der Waals surface area contributed by atoms with Gasteiger partial charge in [-0.05, 0) is 30.3 Å². The number of aromatic nitrogens is 1. The summed E-state index contributed by atoms with van der Waals surface area (Å²) in [7, 11) is 0. The second-order valence-corrected chi connectivity index (χ2v) is 6.58. The van der Waals surface area contributed by atoms with E-state index in [1.165, 1.54) is 17.4 Å². The molecule has 0 saturated heterocycles. The highest BCUT2D eigenvalue weighted by Gasteiger charge is 2.06. The van der Waals surface area contributed by atoms with Crippen LogP contribution in [0.1, 0.15) is 5.01 Å². The molecule has 0 aliphatic heterocycles. The number of halogens is 1. The number of hydrazine groups is 1. The topological polar surface area (TPSA) is 80.3 Å². The Balaban J connectivity index is 1.46. The molecule has 3 aromatic rings. The van der Waals surface area contributed by atoms with E-state index < -0.39 is 11.8 Å². The first-order valence-corrected chi connectivity index (χ1v) is 8.81. The van der Waals surface area contributed by atoms with Crippen molar-refractivity contribution in [3.63, 3.8) is 0 Å². The Hall–Kier alpha value is -2.90. The maximum absolute atomic E-state index is 11.8. The zero-order chi connectivity index (χ0) is 18.4. The fourth-order valence-corrected chi connectivity index (χ4v) is 3.08. The molecule has 0 aliphatic rings. The SMILES string of the molecule is O=C(/C=C/c1nc2ccccc2s1)NNC(=O)COc1ccccc1Cl. The number of nitrogens with zero attached hydrogens (tertiary/aromatic N) is 1. The second-order valence-electron chi connectivity index (χ2n) is 5.11. The van der Waals surface area contributed by atoms with Gasteiger partial charge in [0.1, 0.15) is 10.8 Å². The zero-order valence-electron chi connectivity index (χ0n) is 13.4. The molecule has 0 saturated carbocycles. The molecule has 0 radical (unpaired) electrons. The number of para-hydroxylation sites is 2. The number of benzene rings is 2. The maximum atomic E-state index is 11.8. The average molecular weight is 388 g/mol. The highest BCUT2D eigenvalue weighted by molar-refractivity contribution is 7.19. The van der Waals surface area contributed by atoms with Crippen LogP contribution < -0.4 is 15.6 Å². The summed E-state index contributed by atoms with van der Waals surface area (Å²) in [5, 5.41) is 1.11. The van der Waals surface area contributed by atoms with Gasteiger partial charge in [-0.1, -0.05) is 35.9 Å². The van der Waals surface area contributed by atoms with E-state index in [0.29, 0.717) is 15.8 Å². The Labute approximate surface area is 158 Å². The van der Waals surface area contributed by atoms with Crippen molar-refractivity contribution in [3.8, 4) is 5.75 Å². The molecule has 0 unspecified atom stereocenters. The zero-order valence-corrected chi connectivity index (χ0v) is 15.0. The van der Waals surface area contributed by atoms with Gasteiger partial charge >= 0.3 is 0 Å². The van der Waals surface area contributed by atoms with Crippen LogP contribution in [0.15, 0.2) is 54.6 Å². The number of fused-ring (bicyclic) bond motifs is 1. The molecule has 8 heteroatoms. The van der Waals surface area contributed by atoms with Crippen molar-refractivity contribution in [1.29, 1.82) is 0 Å². The minimum Gasteiger partial charge on any atom is -0.482 e. The van der Waals surface area contributed by atoms with Crippen molar-refractivity contribution in [3.05, 3.63) is 64.6 Å². The Morgan fingerprint density at radius 1 is 1.12 bits per heavy atom. The summed E-state index contributed by atoms with van der Waals surface area (Å²) in [6.07, 6.45) is 2.89. The molecule has 2 N–H and O–H groups in total. The van der Waals surface area contributed by atoms with Crippen LogP contribution in [0, 0.1) is 0 Å². The molecule has 0 bridgehead atoms. The molecule has 132 valence electrons. The first-order chi connectivity index (χ1) is 12.6. The fraction of sp³-hybridized carbons (Fsp3) is 0.0556. The van der Waals surface area contributed by atoms with Crippen LogP contribution in [-0.4, -0.2) is 23.4 Å². The normalized spacial score (nSPS) is 10.8. The van der Waals surface area contributed by atoms with E-state index >= 15 is 0 Å². The monoisotopic (exact) mass is 387 g/mol. The number of thiazole rings is 1. The lowest BCUT2D eigenvalue weighted by molar-refractivity contribution is -0.128. The van der Waals surface area contributed by atoms with Gasteiger partial charge in [-0.2, -0.15) is 0 Å². The lowest BCUT2D eigenvalue weighted by Gasteiger charge is -2.08. The number of nitrogens with one attached hydrogen (secondary N) is 2. The van der Waals surface area contributed by atoms with Crippen LogP contribution in [0.4, 0.5) is 0 Å². The largest absolute Gasteiger partial charge is 0.482 e. The number of ether oxygens (including phenoxy) is 1. The van der Waals surface area contributed by atoms with E-state index in [4.69, 9.17) is 16.3 Å². The van der Waals surface area contributed by atoms with Gasteiger partial charge in [-0.25, -0.2) is 4.98 Å². The molecular formula is C18H14ClN3O3S. The van der Waals surface area contributed by atoms with E-state index in [2.05, 4.69) is 15.8 Å². The summed E-state index contributed by atoms with van der Waals surface area (Å²) in [6, 6.07) is 14.5. The fourth-order valence-electron chi connectivity index (χ4n) is 2.02. The van der Waals surface area contributed by atoms with Crippen LogP contribution in [-0.2, 0) is 9.59 Å². The number of carbonyl (C=O) groups is 2. The third kappa shape index (κ3) is 4.81. The van der Waals surface area contributed by atoms with Crippen molar-refractivity contribution in [1.82, 2.24) is 15.8 Å². The molecule has 0 spiro atoms. The highest BCUT2D eigenvalue weighted by atomic mass is 35.5. The number of rotatable bonds is 5. The van der Waals surface area contributed by atoms with E-state index in [0.717, 1.165) is 10.2 Å². The van der Waals surface area contributed by atoms with Crippen LogP contribution in [0.25, 0.3) is 16.3 Å². The van der Waals surface area contributed by atoms with Crippen molar-refractivity contribution < 1.29 is 14.3 Å². The molecule has 1 aromatic heterocycles. The minimum absolute atomic E-state index is 0.272. The first kappa shape index (κ1) is 17.9. The Morgan fingerprint density at radius 2 is 1.88 bits per heavy atom. The lowest BCUT2D eigenvalue weighted by atomic mass is 10.3. The van der Waals surface area contributed by atoms with E-state index in [-0.39, 0.29) is 6.61 Å². The van der Waals surface area contributed by atoms with Gasteiger partial charge in [0.25, 0.3) is 11.8 Å². The number of carbonyl (C=O) groups excluding carboxylic acids is 2. The third-order valence-corrected chi connectivity index (χ3v) is 4.52. The van der Waals surface area contributed by atoms with Crippen molar-refractivity contribution in [2.24, 2.45) is 0 Å². The molecule has 0 atom stereocenters. The van der Waals surface area contributed by atoms with Gasteiger partial charge in [0, 0.05) is 6.08 Å². The first-order valence-electron chi connectivity index (χ1n) is 7.61. The van der Waals surface area contributed by atoms with E-state index in [1.54, 1.807) is 30.3 Å². The molecule has 26 heavy (non-hydrogen) atoms. The van der Waals surface area contributed by atoms with Gasteiger partial charge in [0.05, 0.1) is 15.2 Å². The molecule has 3 rings (SSSR count).